The van der Waals surface area contributed by atoms with E-state index in [-0.39, 0.29) is 11.8 Å². The van der Waals surface area contributed by atoms with Gasteiger partial charge in [0.25, 0.3) is 0 Å². The standard InChI is InChI=1S/C15H16N6O2.C2HF3O2/c1-9-17-14(20-23-9)11-2-3-13-18-12(8-21(13)7-11)19-15(22)10-4-5-16-6-10;3-2(4,5)1(6)7/h2-3,7-8,10,16H,4-6H2,1H3,(H,19,22);(H,6,7)/t10-;/m0./s1. The zero-order valence-corrected chi connectivity index (χ0v) is 15.6. The lowest BCUT2D eigenvalue weighted by Gasteiger charge is -2.06. The van der Waals surface area contributed by atoms with Crippen molar-refractivity contribution in [2.24, 2.45) is 5.92 Å². The average Bonchev–Trinajstić information content (AvgIpc) is 3.41. The number of alkyl halides is 3. The Bertz CT molecular complexity index is 1060. The molecule has 3 aromatic rings. The minimum Gasteiger partial charge on any atom is -0.475 e. The van der Waals surface area contributed by atoms with Crippen molar-refractivity contribution >= 4 is 23.3 Å². The number of hydrogen-bond donors (Lipinski definition) is 3. The molecule has 0 aromatic carbocycles. The van der Waals surface area contributed by atoms with E-state index in [1.54, 1.807) is 13.1 Å². The number of anilines is 1. The molecule has 1 saturated heterocycles. The molecule has 3 N–H and O–H groups in total. The third-order valence-electron chi connectivity index (χ3n) is 4.16. The molecule has 1 amide bonds. The van der Waals surface area contributed by atoms with Gasteiger partial charge in [-0.2, -0.15) is 18.2 Å². The number of aliphatic carboxylic acids is 1. The Balaban J connectivity index is 0.000000318. The van der Waals surface area contributed by atoms with Crippen molar-refractivity contribution in [3.8, 4) is 11.4 Å². The number of imidazole rings is 1. The highest BCUT2D eigenvalue weighted by Crippen LogP contribution is 2.19. The van der Waals surface area contributed by atoms with Gasteiger partial charge in [-0.05, 0) is 25.1 Å². The number of fused-ring (bicyclic) bond motifs is 1. The normalized spacial score (nSPS) is 16.2. The summed E-state index contributed by atoms with van der Waals surface area (Å²) in [6, 6.07) is 3.73. The molecular formula is C17H17F3N6O4. The van der Waals surface area contributed by atoms with Gasteiger partial charge in [-0.1, -0.05) is 5.16 Å². The molecule has 0 saturated carbocycles. The topological polar surface area (TPSA) is 135 Å². The predicted octanol–water partition coefficient (Wildman–Crippen LogP) is 1.87. The number of carboxylic acids is 1. The van der Waals surface area contributed by atoms with Gasteiger partial charge in [0.1, 0.15) is 5.65 Å². The fraction of sp³-hybridized carbons (Fsp3) is 0.353. The van der Waals surface area contributed by atoms with E-state index in [1.807, 2.05) is 22.7 Å². The van der Waals surface area contributed by atoms with Crippen molar-refractivity contribution in [1.82, 2.24) is 24.8 Å². The van der Waals surface area contributed by atoms with Crippen LogP contribution in [0.2, 0.25) is 0 Å². The summed E-state index contributed by atoms with van der Waals surface area (Å²) in [6.45, 7) is 3.36. The second-order valence-electron chi connectivity index (χ2n) is 6.43. The second kappa shape index (κ2) is 8.49. The number of halogens is 3. The molecule has 10 nitrogen and oxygen atoms in total. The predicted molar refractivity (Wildman–Crippen MR) is 96.5 cm³/mol. The zero-order chi connectivity index (χ0) is 21.9. The van der Waals surface area contributed by atoms with Crippen molar-refractivity contribution in [2.45, 2.75) is 19.5 Å². The van der Waals surface area contributed by atoms with Crippen LogP contribution in [0.5, 0.6) is 0 Å². The van der Waals surface area contributed by atoms with Gasteiger partial charge in [-0.3, -0.25) is 4.79 Å². The number of pyridine rings is 1. The lowest BCUT2D eigenvalue weighted by atomic mass is 10.1. The highest BCUT2D eigenvalue weighted by atomic mass is 19.4. The summed E-state index contributed by atoms with van der Waals surface area (Å²) in [7, 11) is 0. The number of amides is 1. The van der Waals surface area contributed by atoms with Gasteiger partial charge < -0.3 is 24.7 Å². The lowest BCUT2D eigenvalue weighted by Crippen LogP contribution is -2.24. The van der Waals surface area contributed by atoms with Crippen molar-refractivity contribution in [3.63, 3.8) is 0 Å². The highest BCUT2D eigenvalue weighted by Gasteiger charge is 2.38. The number of nitrogens with one attached hydrogen (secondary N) is 2. The maximum Gasteiger partial charge on any atom is 0.490 e. The minimum absolute atomic E-state index is 0.00687. The molecule has 13 heteroatoms. The molecule has 4 heterocycles. The van der Waals surface area contributed by atoms with Crippen LogP contribution in [0.4, 0.5) is 19.0 Å². The summed E-state index contributed by atoms with van der Waals surface area (Å²) in [6.07, 6.45) is -0.577. The Morgan fingerprint density at radius 1 is 1.30 bits per heavy atom. The summed E-state index contributed by atoms with van der Waals surface area (Å²) in [5.74, 6) is -1.15. The molecule has 160 valence electrons. The molecule has 0 bridgehead atoms. The molecule has 1 atom stereocenters. The van der Waals surface area contributed by atoms with Crippen molar-refractivity contribution < 1.29 is 32.4 Å². The number of aryl methyl sites for hydroxylation is 1. The van der Waals surface area contributed by atoms with Gasteiger partial charge in [-0.15, -0.1) is 0 Å². The van der Waals surface area contributed by atoms with Gasteiger partial charge in [0.2, 0.25) is 17.6 Å². The Morgan fingerprint density at radius 3 is 2.60 bits per heavy atom. The molecule has 4 rings (SSSR count). The van der Waals surface area contributed by atoms with Gasteiger partial charge in [0.05, 0.1) is 12.1 Å². The summed E-state index contributed by atoms with van der Waals surface area (Å²) >= 11 is 0. The summed E-state index contributed by atoms with van der Waals surface area (Å²) in [5, 5.41) is 17.1. The highest BCUT2D eigenvalue weighted by molar-refractivity contribution is 5.92. The molecule has 0 aliphatic carbocycles. The number of carboxylic acid groups (broad SMARTS) is 1. The molecule has 1 aliphatic heterocycles. The fourth-order valence-electron chi connectivity index (χ4n) is 2.71. The first-order valence-corrected chi connectivity index (χ1v) is 8.74. The number of rotatable bonds is 3. The van der Waals surface area contributed by atoms with Crippen LogP contribution in [0.1, 0.15) is 12.3 Å². The third-order valence-corrected chi connectivity index (χ3v) is 4.16. The van der Waals surface area contributed by atoms with E-state index in [1.165, 1.54) is 0 Å². The molecule has 30 heavy (non-hydrogen) atoms. The van der Waals surface area contributed by atoms with Crippen LogP contribution in [-0.2, 0) is 9.59 Å². The Labute approximate surface area is 167 Å². The summed E-state index contributed by atoms with van der Waals surface area (Å²) in [5.41, 5.74) is 1.57. The smallest absolute Gasteiger partial charge is 0.475 e. The van der Waals surface area contributed by atoms with Crippen LogP contribution in [0, 0.1) is 12.8 Å². The first kappa shape index (κ1) is 21.2. The van der Waals surface area contributed by atoms with Crippen LogP contribution < -0.4 is 10.6 Å². The number of carbonyl (C=O) groups is 2. The Hall–Kier alpha value is -3.48. The van der Waals surface area contributed by atoms with Gasteiger partial charge in [-0.25, -0.2) is 9.78 Å². The van der Waals surface area contributed by atoms with Crippen LogP contribution in [0.15, 0.2) is 29.0 Å². The van der Waals surface area contributed by atoms with E-state index >= 15 is 0 Å². The maximum atomic E-state index is 12.1. The lowest BCUT2D eigenvalue weighted by molar-refractivity contribution is -0.192. The fourth-order valence-corrected chi connectivity index (χ4v) is 2.71. The van der Waals surface area contributed by atoms with E-state index in [0.29, 0.717) is 17.5 Å². The van der Waals surface area contributed by atoms with Crippen molar-refractivity contribution in [2.75, 3.05) is 18.4 Å². The molecular weight excluding hydrogens is 409 g/mol. The largest absolute Gasteiger partial charge is 0.490 e. The van der Waals surface area contributed by atoms with Gasteiger partial charge in [0.15, 0.2) is 5.82 Å². The molecule has 1 fully saturated rings. The van der Waals surface area contributed by atoms with Gasteiger partial charge in [0, 0.05) is 25.2 Å². The van der Waals surface area contributed by atoms with E-state index in [4.69, 9.17) is 14.4 Å². The minimum atomic E-state index is -5.08. The van der Waals surface area contributed by atoms with Crippen LogP contribution >= 0.6 is 0 Å². The average molecular weight is 426 g/mol. The van der Waals surface area contributed by atoms with Crippen LogP contribution in [0.25, 0.3) is 17.0 Å². The zero-order valence-electron chi connectivity index (χ0n) is 15.6. The van der Waals surface area contributed by atoms with Crippen LogP contribution in [0.3, 0.4) is 0 Å². The van der Waals surface area contributed by atoms with Crippen LogP contribution in [-0.4, -0.2) is 55.8 Å². The first-order valence-electron chi connectivity index (χ1n) is 8.74. The third kappa shape index (κ3) is 5.11. The van der Waals surface area contributed by atoms with Crippen molar-refractivity contribution in [3.05, 3.63) is 30.4 Å². The van der Waals surface area contributed by atoms with Crippen molar-refractivity contribution in [1.29, 1.82) is 0 Å². The Kier molecular flexibility index (Phi) is 6.01. The first-order chi connectivity index (χ1) is 14.1. The molecule has 0 radical (unpaired) electrons. The van der Waals surface area contributed by atoms with E-state index in [0.717, 1.165) is 30.7 Å². The molecule has 3 aromatic heterocycles. The second-order valence-corrected chi connectivity index (χ2v) is 6.43. The monoisotopic (exact) mass is 426 g/mol. The number of nitrogens with zero attached hydrogens (tertiary/aromatic N) is 4. The summed E-state index contributed by atoms with van der Waals surface area (Å²) < 4.78 is 38.6. The maximum absolute atomic E-state index is 12.1. The van der Waals surface area contributed by atoms with Gasteiger partial charge >= 0.3 is 12.1 Å². The number of aromatic nitrogens is 4. The molecule has 0 spiro atoms. The summed E-state index contributed by atoms with van der Waals surface area (Å²) in [4.78, 5) is 29.7. The number of hydrogen-bond acceptors (Lipinski definition) is 7. The van der Waals surface area contributed by atoms with E-state index < -0.39 is 12.1 Å². The number of carbonyl (C=O) groups excluding carboxylic acids is 1. The quantitative estimate of drug-likeness (QED) is 0.578. The van der Waals surface area contributed by atoms with E-state index in [2.05, 4.69) is 25.8 Å². The molecule has 0 unspecified atom stereocenters. The Morgan fingerprint density at radius 2 is 2.03 bits per heavy atom. The van der Waals surface area contributed by atoms with E-state index in [9.17, 15) is 18.0 Å². The molecule has 1 aliphatic rings. The SMILES string of the molecule is Cc1nc(-c2ccc3nc(NC(=O)[C@H]4CCNC4)cn3c2)no1.O=C(O)C(F)(F)F.